The van der Waals surface area contributed by atoms with Gasteiger partial charge >= 0.3 is 11.9 Å². The number of nitrogens with zero attached hydrogens (tertiary/aromatic N) is 1. The van der Waals surface area contributed by atoms with Crippen molar-refractivity contribution in [2.24, 2.45) is 0 Å². The predicted molar refractivity (Wildman–Crippen MR) is 75.5 cm³/mol. The second-order valence-corrected chi connectivity index (χ2v) is 5.12. The molecule has 0 unspecified atom stereocenters. The van der Waals surface area contributed by atoms with Gasteiger partial charge in [-0.3, -0.25) is 0 Å². The minimum atomic E-state index is -0.894. The highest BCUT2D eigenvalue weighted by atomic mass is 32.1. The number of thiazole rings is 1. The number of anilines is 1. The van der Waals surface area contributed by atoms with Crippen LogP contribution >= 0.6 is 11.3 Å². The summed E-state index contributed by atoms with van der Waals surface area (Å²) in [5.74, 6) is -1.14. The van der Waals surface area contributed by atoms with Gasteiger partial charge in [0.25, 0.3) is 0 Å². The first-order valence-electron chi connectivity index (χ1n) is 6.00. The van der Waals surface area contributed by atoms with Gasteiger partial charge in [0.2, 0.25) is 0 Å². The number of hydrogen-bond donors (Lipinski definition) is 1. The Labute approximate surface area is 119 Å². The number of nitrogens with two attached hydrogens (primary N) is 1. The molecule has 106 valence electrons. The second-order valence-electron chi connectivity index (χ2n) is 4.06. The van der Waals surface area contributed by atoms with Gasteiger partial charge in [-0.2, -0.15) is 0 Å². The third-order valence-electron chi connectivity index (χ3n) is 2.72. The molecule has 1 aromatic heterocycles. The SMILES string of the molecule is CC[C@H](OC(=O)c1ccc2nc(N)sc2c1)C(=O)OC. The molecule has 20 heavy (non-hydrogen) atoms. The van der Waals surface area contributed by atoms with E-state index in [1.165, 1.54) is 18.4 Å². The molecular weight excluding hydrogens is 280 g/mol. The normalized spacial score (nSPS) is 12.1. The summed E-state index contributed by atoms with van der Waals surface area (Å²) in [6.07, 6.45) is -0.538. The van der Waals surface area contributed by atoms with Crippen molar-refractivity contribution in [3.05, 3.63) is 23.8 Å². The van der Waals surface area contributed by atoms with Crippen LogP contribution in [0.25, 0.3) is 10.2 Å². The van der Waals surface area contributed by atoms with E-state index < -0.39 is 18.0 Å². The summed E-state index contributed by atoms with van der Waals surface area (Å²) in [4.78, 5) is 27.5. The predicted octanol–water partition coefficient (Wildman–Crippen LogP) is 1.99. The molecular formula is C13H14N2O4S. The third-order valence-corrected chi connectivity index (χ3v) is 3.57. The molecule has 0 aliphatic carbocycles. The Kier molecular flexibility index (Phi) is 4.19. The van der Waals surface area contributed by atoms with Crippen LogP contribution in [0.3, 0.4) is 0 Å². The molecule has 0 saturated heterocycles. The number of esters is 2. The molecule has 0 aliphatic heterocycles. The van der Waals surface area contributed by atoms with E-state index in [2.05, 4.69) is 9.72 Å². The summed E-state index contributed by atoms with van der Waals surface area (Å²) >= 11 is 1.29. The largest absolute Gasteiger partial charge is 0.466 e. The van der Waals surface area contributed by atoms with Gasteiger partial charge in [-0.05, 0) is 24.6 Å². The first-order valence-corrected chi connectivity index (χ1v) is 6.81. The first-order chi connectivity index (χ1) is 9.55. The number of benzene rings is 1. The Morgan fingerprint density at radius 2 is 2.20 bits per heavy atom. The lowest BCUT2D eigenvalue weighted by Crippen LogP contribution is -2.27. The number of rotatable bonds is 4. The minimum Gasteiger partial charge on any atom is -0.466 e. The average Bonchev–Trinajstić information content (AvgIpc) is 2.82. The van der Waals surface area contributed by atoms with E-state index in [1.54, 1.807) is 25.1 Å². The van der Waals surface area contributed by atoms with E-state index in [9.17, 15) is 9.59 Å². The van der Waals surface area contributed by atoms with Crippen molar-refractivity contribution in [2.45, 2.75) is 19.4 Å². The minimum absolute atomic E-state index is 0.350. The molecule has 2 N–H and O–H groups in total. The Morgan fingerprint density at radius 3 is 2.85 bits per heavy atom. The van der Waals surface area contributed by atoms with Gasteiger partial charge in [0.1, 0.15) is 0 Å². The first kappa shape index (κ1) is 14.3. The summed E-state index contributed by atoms with van der Waals surface area (Å²) in [7, 11) is 1.25. The molecule has 0 radical (unpaired) electrons. The monoisotopic (exact) mass is 294 g/mol. The van der Waals surface area contributed by atoms with Crippen molar-refractivity contribution in [1.82, 2.24) is 4.98 Å². The highest BCUT2D eigenvalue weighted by Crippen LogP contribution is 2.25. The van der Waals surface area contributed by atoms with Crippen LogP contribution in [0.15, 0.2) is 18.2 Å². The number of hydrogen-bond acceptors (Lipinski definition) is 7. The van der Waals surface area contributed by atoms with Crippen LogP contribution in [0.2, 0.25) is 0 Å². The van der Waals surface area contributed by atoms with Gasteiger partial charge in [0.15, 0.2) is 11.2 Å². The van der Waals surface area contributed by atoms with Crippen molar-refractivity contribution in [2.75, 3.05) is 12.8 Å². The van der Waals surface area contributed by atoms with Crippen LogP contribution in [-0.4, -0.2) is 30.1 Å². The van der Waals surface area contributed by atoms with E-state index in [-0.39, 0.29) is 0 Å². The van der Waals surface area contributed by atoms with Crippen LogP contribution in [0.1, 0.15) is 23.7 Å². The van der Waals surface area contributed by atoms with Crippen LogP contribution in [0.5, 0.6) is 0 Å². The molecule has 0 fully saturated rings. The number of aromatic nitrogens is 1. The lowest BCUT2D eigenvalue weighted by molar-refractivity contribution is -0.151. The molecule has 1 heterocycles. The van der Waals surface area contributed by atoms with E-state index in [4.69, 9.17) is 10.5 Å². The van der Waals surface area contributed by atoms with Gasteiger partial charge in [0, 0.05) is 0 Å². The summed E-state index contributed by atoms with van der Waals surface area (Å²) in [5.41, 5.74) is 6.68. The second kappa shape index (κ2) is 5.87. The average molecular weight is 294 g/mol. The fraction of sp³-hybridized carbons (Fsp3) is 0.308. The molecule has 7 heteroatoms. The molecule has 1 atom stereocenters. The van der Waals surface area contributed by atoms with E-state index in [0.717, 1.165) is 10.2 Å². The van der Waals surface area contributed by atoms with Crippen molar-refractivity contribution >= 4 is 38.6 Å². The lowest BCUT2D eigenvalue weighted by Gasteiger charge is -2.13. The zero-order valence-electron chi connectivity index (χ0n) is 11.1. The number of ether oxygens (including phenoxy) is 2. The molecule has 0 spiro atoms. The highest BCUT2D eigenvalue weighted by molar-refractivity contribution is 7.22. The van der Waals surface area contributed by atoms with Gasteiger partial charge in [-0.25, -0.2) is 14.6 Å². The lowest BCUT2D eigenvalue weighted by atomic mass is 10.2. The molecule has 0 bridgehead atoms. The fourth-order valence-corrected chi connectivity index (χ4v) is 2.47. The molecule has 0 amide bonds. The van der Waals surface area contributed by atoms with Crippen molar-refractivity contribution in [3.63, 3.8) is 0 Å². The van der Waals surface area contributed by atoms with Crippen molar-refractivity contribution in [3.8, 4) is 0 Å². The van der Waals surface area contributed by atoms with Crippen LogP contribution in [-0.2, 0) is 14.3 Å². The maximum Gasteiger partial charge on any atom is 0.347 e. The maximum absolute atomic E-state index is 12.0. The highest BCUT2D eigenvalue weighted by Gasteiger charge is 2.22. The number of fused-ring (bicyclic) bond motifs is 1. The van der Waals surface area contributed by atoms with Gasteiger partial charge in [-0.15, -0.1) is 0 Å². The summed E-state index contributed by atoms with van der Waals surface area (Å²) in [5, 5.41) is 0.437. The van der Waals surface area contributed by atoms with Crippen LogP contribution < -0.4 is 5.73 Å². The number of carbonyl (C=O) groups excluding carboxylic acids is 2. The topological polar surface area (TPSA) is 91.5 Å². The number of methoxy groups -OCH3 is 1. The molecule has 0 aliphatic rings. The number of carbonyl (C=O) groups is 2. The van der Waals surface area contributed by atoms with Crippen molar-refractivity contribution < 1.29 is 19.1 Å². The summed E-state index contributed by atoms with van der Waals surface area (Å²) in [6.45, 7) is 1.74. The van der Waals surface area contributed by atoms with Crippen LogP contribution in [0.4, 0.5) is 5.13 Å². The molecule has 2 rings (SSSR count). The Bertz CT molecular complexity index is 653. The summed E-state index contributed by atoms with van der Waals surface area (Å²) < 4.78 is 10.5. The Hall–Kier alpha value is -2.15. The molecule has 6 nitrogen and oxygen atoms in total. The molecule has 2 aromatic rings. The standard InChI is InChI=1S/C13H14N2O4S/c1-3-9(12(17)18-2)19-11(16)7-4-5-8-10(6-7)20-13(14)15-8/h4-6,9H,3H2,1-2H3,(H2,14,15)/t9-/m0/s1. The number of nitrogen functional groups attached to an aromatic ring is 1. The smallest absolute Gasteiger partial charge is 0.347 e. The quantitative estimate of drug-likeness (QED) is 0.867. The van der Waals surface area contributed by atoms with Crippen molar-refractivity contribution in [1.29, 1.82) is 0 Å². The zero-order chi connectivity index (χ0) is 14.7. The Balaban J connectivity index is 2.20. The van der Waals surface area contributed by atoms with Gasteiger partial charge in [0.05, 0.1) is 22.9 Å². The van der Waals surface area contributed by atoms with Gasteiger partial charge < -0.3 is 15.2 Å². The Morgan fingerprint density at radius 1 is 1.45 bits per heavy atom. The molecule has 1 aromatic carbocycles. The van der Waals surface area contributed by atoms with Crippen LogP contribution in [0, 0.1) is 0 Å². The summed E-state index contributed by atoms with van der Waals surface area (Å²) in [6, 6.07) is 4.93. The van der Waals surface area contributed by atoms with E-state index in [0.29, 0.717) is 17.1 Å². The van der Waals surface area contributed by atoms with Gasteiger partial charge in [-0.1, -0.05) is 18.3 Å². The third kappa shape index (κ3) is 2.88. The zero-order valence-corrected chi connectivity index (χ0v) is 11.9. The molecule has 0 saturated carbocycles. The maximum atomic E-state index is 12.0. The van der Waals surface area contributed by atoms with E-state index >= 15 is 0 Å². The van der Waals surface area contributed by atoms with E-state index in [1.807, 2.05) is 0 Å². The fourth-order valence-electron chi connectivity index (χ4n) is 1.70.